The van der Waals surface area contributed by atoms with Crippen LogP contribution in [0.5, 0.6) is 0 Å². The lowest BCUT2D eigenvalue weighted by molar-refractivity contribution is 0.102. The number of ketones is 1. The molecule has 4 heteroatoms. The van der Waals surface area contributed by atoms with E-state index in [9.17, 15) is 4.79 Å². The molecule has 0 amide bonds. The molecule has 2 heterocycles. The van der Waals surface area contributed by atoms with Crippen LogP contribution < -0.4 is 0 Å². The van der Waals surface area contributed by atoms with E-state index in [1.54, 1.807) is 18.3 Å². The Kier molecular flexibility index (Phi) is 1.94. The van der Waals surface area contributed by atoms with Crippen LogP contribution in [0.2, 0.25) is 5.02 Å². The van der Waals surface area contributed by atoms with Crippen molar-refractivity contribution in [3.8, 4) is 0 Å². The molecule has 62 valence electrons. The molecule has 2 aromatic heterocycles. The normalized spacial score (nSPS) is 10.8. The number of carbonyl (C=O) groups excluding carboxylic acids is 1. The molecule has 0 saturated carbocycles. The summed E-state index contributed by atoms with van der Waals surface area (Å²) in [6, 6.07) is 1.86. The average molecular weight is 217 g/mol. The second kappa shape index (κ2) is 2.83. The molecule has 0 aliphatic carbocycles. The van der Waals surface area contributed by atoms with E-state index in [1.165, 1.54) is 11.3 Å². The van der Waals surface area contributed by atoms with Crippen LogP contribution >= 0.6 is 34.3 Å². The van der Waals surface area contributed by atoms with Crippen LogP contribution in [0, 0.1) is 0 Å². The second-order valence-corrected chi connectivity index (χ2v) is 5.05. The lowest BCUT2D eigenvalue weighted by atomic mass is 10.3. The fourth-order valence-electron chi connectivity index (χ4n) is 0.971. The molecular formula is C8H5ClOS2. The summed E-state index contributed by atoms with van der Waals surface area (Å²) in [4.78, 5) is 11.8. The Balaban J connectivity index is 2.70. The van der Waals surface area contributed by atoms with Crippen LogP contribution in [-0.4, -0.2) is 5.78 Å². The predicted molar refractivity (Wildman–Crippen MR) is 54.7 cm³/mol. The summed E-state index contributed by atoms with van der Waals surface area (Å²) in [7, 11) is 0. The maximum absolute atomic E-state index is 11.0. The van der Waals surface area contributed by atoms with Gasteiger partial charge in [-0.3, -0.25) is 4.79 Å². The zero-order valence-corrected chi connectivity index (χ0v) is 8.65. The van der Waals surface area contributed by atoms with E-state index in [0.29, 0.717) is 0 Å². The standard InChI is InChI=1S/C8H5ClOS2/c1-4(10)7-2-5-6(9)3-11-8(5)12-7/h2-3H,1H3. The molecule has 12 heavy (non-hydrogen) atoms. The number of fused-ring (bicyclic) bond motifs is 1. The van der Waals surface area contributed by atoms with Gasteiger partial charge in [-0.2, -0.15) is 0 Å². The number of hydrogen-bond donors (Lipinski definition) is 0. The fourth-order valence-corrected chi connectivity index (χ4v) is 3.40. The molecule has 0 bridgehead atoms. The van der Waals surface area contributed by atoms with Crippen LogP contribution in [0.1, 0.15) is 16.6 Å². The van der Waals surface area contributed by atoms with Gasteiger partial charge in [-0.1, -0.05) is 11.6 Å². The van der Waals surface area contributed by atoms with Gasteiger partial charge in [0.1, 0.15) is 0 Å². The third-order valence-corrected chi connectivity index (χ3v) is 4.37. The molecule has 0 unspecified atom stereocenters. The monoisotopic (exact) mass is 216 g/mol. The first-order valence-corrected chi connectivity index (χ1v) is 5.43. The van der Waals surface area contributed by atoms with Crippen LogP contribution in [0.3, 0.4) is 0 Å². The zero-order chi connectivity index (χ0) is 8.72. The third kappa shape index (κ3) is 1.18. The van der Waals surface area contributed by atoms with Crippen molar-refractivity contribution in [3.63, 3.8) is 0 Å². The molecule has 2 rings (SSSR count). The van der Waals surface area contributed by atoms with Gasteiger partial charge in [-0.05, 0) is 13.0 Å². The van der Waals surface area contributed by atoms with Gasteiger partial charge in [0.15, 0.2) is 5.78 Å². The van der Waals surface area contributed by atoms with Gasteiger partial charge in [0, 0.05) is 10.8 Å². The topological polar surface area (TPSA) is 17.1 Å². The van der Waals surface area contributed by atoms with E-state index in [2.05, 4.69) is 0 Å². The second-order valence-electron chi connectivity index (χ2n) is 2.45. The maximum Gasteiger partial charge on any atom is 0.169 e. The van der Waals surface area contributed by atoms with E-state index in [-0.39, 0.29) is 5.78 Å². The first-order chi connectivity index (χ1) is 5.68. The molecule has 1 nitrogen and oxygen atoms in total. The average Bonchev–Trinajstić information content (AvgIpc) is 2.53. The van der Waals surface area contributed by atoms with Crippen LogP contribution in [0.15, 0.2) is 11.4 Å². The number of hydrogen-bond acceptors (Lipinski definition) is 3. The molecule has 0 aliphatic rings. The lowest BCUT2D eigenvalue weighted by Gasteiger charge is -1.82. The van der Waals surface area contributed by atoms with E-state index >= 15 is 0 Å². The summed E-state index contributed by atoms with van der Waals surface area (Å²) < 4.78 is 1.13. The summed E-state index contributed by atoms with van der Waals surface area (Å²) in [5.41, 5.74) is 0. The van der Waals surface area contributed by atoms with E-state index in [4.69, 9.17) is 11.6 Å². The van der Waals surface area contributed by atoms with Crippen LogP contribution in [-0.2, 0) is 0 Å². The van der Waals surface area contributed by atoms with Crippen molar-refractivity contribution in [2.24, 2.45) is 0 Å². The van der Waals surface area contributed by atoms with E-state index in [0.717, 1.165) is 19.3 Å². The zero-order valence-electron chi connectivity index (χ0n) is 6.26. The van der Waals surface area contributed by atoms with Crippen molar-refractivity contribution in [3.05, 3.63) is 21.3 Å². The molecule has 0 spiro atoms. The minimum atomic E-state index is 0.111. The van der Waals surface area contributed by atoms with Crippen molar-refractivity contribution in [2.45, 2.75) is 6.92 Å². The summed E-state index contributed by atoms with van der Waals surface area (Å²) in [6.07, 6.45) is 0. The Labute approximate surface area is 82.6 Å². The highest BCUT2D eigenvalue weighted by Crippen LogP contribution is 2.36. The van der Waals surface area contributed by atoms with Crippen molar-refractivity contribution >= 4 is 49.5 Å². The molecule has 0 fully saturated rings. The molecule has 0 N–H and O–H groups in total. The van der Waals surface area contributed by atoms with Gasteiger partial charge in [0.2, 0.25) is 0 Å². The highest BCUT2D eigenvalue weighted by Gasteiger charge is 2.09. The van der Waals surface area contributed by atoms with Gasteiger partial charge in [-0.15, -0.1) is 22.7 Å². The van der Waals surface area contributed by atoms with Gasteiger partial charge in [0.05, 0.1) is 13.9 Å². The molecule has 0 atom stereocenters. The summed E-state index contributed by atoms with van der Waals surface area (Å²) in [5, 5.41) is 3.66. The summed E-state index contributed by atoms with van der Waals surface area (Å²) in [5.74, 6) is 0.111. The Hall–Kier alpha value is -0.380. The van der Waals surface area contributed by atoms with Crippen molar-refractivity contribution in [1.29, 1.82) is 0 Å². The molecule has 0 saturated heterocycles. The number of Topliss-reactive ketones (excluding diaryl/α,β-unsaturated/α-hetero) is 1. The van der Waals surface area contributed by atoms with Crippen molar-refractivity contribution in [1.82, 2.24) is 0 Å². The first-order valence-electron chi connectivity index (χ1n) is 3.36. The Morgan fingerprint density at radius 2 is 2.33 bits per heavy atom. The van der Waals surface area contributed by atoms with Gasteiger partial charge in [0.25, 0.3) is 0 Å². The SMILES string of the molecule is CC(=O)c1cc2c(Cl)csc2s1. The van der Waals surface area contributed by atoms with Crippen LogP contribution in [0.25, 0.3) is 9.40 Å². The van der Waals surface area contributed by atoms with Gasteiger partial charge < -0.3 is 0 Å². The summed E-state index contributed by atoms with van der Waals surface area (Å²) in [6.45, 7) is 1.57. The Bertz CT molecular complexity index is 441. The first kappa shape index (κ1) is 8.23. The highest BCUT2D eigenvalue weighted by molar-refractivity contribution is 7.38. The number of halogens is 1. The highest BCUT2D eigenvalue weighted by atomic mass is 35.5. The van der Waals surface area contributed by atoms with Crippen molar-refractivity contribution < 1.29 is 4.79 Å². The molecular weight excluding hydrogens is 212 g/mol. The maximum atomic E-state index is 11.0. The largest absolute Gasteiger partial charge is 0.294 e. The molecule has 0 aromatic carbocycles. The van der Waals surface area contributed by atoms with Crippen LogP contribution in [0.4, 0.5) is 0 Å². The van der Waals surface area contributed by atoms with E-state index < -0.39 is 0 Å². The minimum Gasteiger partial charge on any atom is -0.294 e. The lowest BCUT2D eigenvalue weighted by Crippen LogP contribution is -1.83. The number of carbonyl (C=O) groups is 1. The van der Waals surface area contributed by atoms with Gasteiger partial charge in [-0.25, -0.2) is 0 Å². The quantitative estimate of drug-likeness (QED) is 0.663. The molecule has 2 aromatic rings. The molecule has 0 aliphatic heterocycles. The van der Waals surface area contributed by atoms with Crippen molar-refractivity contribution in [2.75, 3.05) is 0 Å². The fraction of sp³-hybridized carbons (Fsp3) is 0.125. The summed E-state index contributed by atoms with van der Waals surface area (Å²) >= 11 is 8.99. The van der Waals surface area contributed by atoms with Gasteiger partial charge >= 0.3 is 0 Å². The Morgan fingerprint density at radius 1 is 1.58 bits per heavy atom. The minimum absolute atomic E-state index is 0.111. The molecule has 0 radical (unpaired) electrons. The predicted octanol–water partition coefficient (Wildman–Crippen LogP) is 3.82. The Morgan fingerprint density at radius 3 is 2.92 bits per heavy atom. The third-order valence-electron chi connectivity index (χ3n) is 1.57. The van der Waals surface area contributed by atoms with E-state index in [1.807, 2.05) is 11.4 Å². The number of thiophene rings is 2. The number of rotatable bonds is 1. The smallest absolute Gasteiger partial charge is 0.169 e.